The van der Waals surface area contributed by atoms with Crippen LogP contribution in [-0.4, -0.2) is 21.5 Å². The van der Waals surface area contributed by atoms with Gasteiger partial charge in [-0.15, -0.1) is 11.3 Å². The van der Waals surface area contributed by atoms with Gasteiger partial charge in [0.1, 0.15) is 5.00 Å². The number of fused-ring (bicyclic) bond motifs is 1. The Hall–Kier alpha value is -1.86. The van der Waals surface area contributed by atoms with Crippen LogP contribution in [-0.2, 0) is 27.6 Å². The second-order valence-corrected chi connectivity index (χ2v) is 8.47. The molecule has 2 aromatic rings. The standard InChI is InChI=1S/C17H19NO4S2/c1-22-17(19)15-13-10-6-3-7-11-14(13)23-16(15)18-24(20,21)12-8-4-2-5-9-12/h2,4-5,8-9,18H,3,6-7,10-11H2,1H3. The quantitative estimate of drug-likeness (QED) is 0.664. The summed E-state index contributed by atoms with van der Waals surface area (Å²) in [5, 5.41) is 0.359. The van der Waals surface area contributed by atoms with Crippen molar-refractivity contribution in [2.24, 2.45) is 0 Å². The number of nitrogens with one attached hydrogen (secondary N) is 1. The highest BCUT2D eigenvalue weighted by Crippen LogP contribution is 2.38. The zero-order chi connectivity index (χ0) is 17.2. The SMILES string of the molecule is COC(=O)c1c(NS(=O)(=O)c2ccccc2)sc2c1CCCCC2. The molecule has 1 aromatic carbocycles. The van der Waals surface area contributed by atoms with Crippen LogP contribution in [0.4, 0.5) is 5.00 Å². The number of ether oxygens (including phenoxy) is 1. The lowest BCUT2D eigenvalue weighted by atomic mass is 10.1. The van der Waals surface area contributed by atoms with Crippen LogP contribution in [0, 0.1) is 0 Å². The van der Waals surface area contributed by atoms with Crippen LogP contribution in [0.1, 0.15) is 40.1 Å². The number of esters is 1. The van der Waals surface area contributed by atoms with Crippen LogP contribution in [0.3, 0.4) is 0 Å². The van der Waals surface area contributed by atoms with Crippen molar-refractivity contribution in [2.75, 3.05) is 11.8 Å². The Morgan fingerprint density at radius 2 is 1.83 bits per heavy atom. The summed E-state index contributed by atoms with van der Waals surface area (Å²) in [5.41, 5.74) is 1.31. The molecular weight excluding hydrogens is 346 g/mol. The fourth-order valence-electron chi connectivity index (χ4n) is 2.91. The maximum absolute atomic E-state index is 12.6. The highest BCUT2D eigenvalue weighted by Gasteiger charge is 2.28. The van der Waals surface area contributed by atoms with E-state index >= 15 is 0 Å². The smallest absolute Gasteiger partial charge is 0.341 e. The highest BCUT2D eigenvalue weighted by molar-refractivity contribution is 7.93. The molecule has 0 spiro atoms. The Labute approximate surface area is 145 Å². The van der Waals surface area contributed by atoms with Crippen molar-refractivity contribution in [1.82, 2.24) is 0 Å². The van der Waals surface area contributed by atoms with Gasteiger partial charge in [-0.05, 0) is 43.4 Å². The number of benzene rings is 1. The van der Waals surface area contributed by atoms with Crippen molar-refractivity contribution < 1.29 is 17.9 Å². The molecule has 3 rings (SSSR count). The van der Waals surface area contributed by atoms with E-state index < -0.39 is 16.0 Å². The van der Waals surface area contributed by atoms with E-state index in [4.69, 9.17) is 4.74 Å². The first kappa shape index (κ1) is 17.0. The number of carbonyl (C=O) groups excluding carboxylic acids is 1. The van der Waals surface area contributed by atoms with Crippen LogP contribution in [0.5, 0.6) is 0 Å². The van der Waals surface area contributed by atoms with Crippen LogP contribution in [0.25, 0.3) is 0 Å². The van der Waals surface area contributed by atoms with Crippen molar-refractivity contribution in [1.29, 1.82) is 0 Å². The predicted molar refractivity (Wildman–Crippen MR) is 94.2 cm³/mol. The summed E-state index contributed by atoms with van der Waals surface area (Å²) in [7, 11) is -2.42. The van der Waals surface area contributed by atoms with Gasteiger partial charge in [0.25, 0.3) is 10.0 Å². The van der Waals surface area contributed by atoms with Gasteiger partial charge in [-0.2, -0.15) is 0 Å². The normalized spacial score (nSPS) is 14.5. The Bertz CT molecular complexity index is 841. The van der Waals surface area contributed by atoms with E-state index in [1.807, 2.05) is 0 Å². The maximum Gasteiger partial charge on any atom is 0.341 e. The average Bonchev–Trinajstić information content (AvgIpc) is 2.75. The number of methoxy groups -OCH3 is 1. The summed E-state index contributed by atoms with van der Waals surface area (Å²) in [4.78, 5) is 13.5. The monoisotopic (exact) mass is 365 g/mol. The van der Waals surface area contributed by atoms with Crippen molar-refractivity contribution in [3.05, 3.63) is 46.3 Å². The number of hydrogen-bond donors (Lipinski definition) is 1. The van der Waals surface area contributed by atoms with E-state index in [-0.39, 0.29) is 4.90 Å². The Kier molecular flexibility index (Phi) is 4.91. The van der Waals surface area contributed by atoms with E-state index in [0.29, 0.717) is 10.6 Å². The van der Waals surface area contributed by atoms with Crippen LogP contribution >= 0.6 is 11.3 Å². The second kappa shape index (κ2) is 6.94. The lowest BCUT2D eigenvalue weighted by molar-refractivity contribution is 0.0601. The molecule has 0 unspecified atom stereocenters. The summed E-state index contributed by atoms with van der Waals surface area (Å²) in [6, 6.07) is 8.14. The first-order chi connectivity index (χ1) is 11.5. The number of anilines is 1. The number of aryl methyl sites for hydroxylation is 1. The third kappa shape index (κ3) is 3.32. The molecule has 0 atom stereocenters. The number of rotatable bonds is 4. The van der Waals surface area contributed by atoms with Gasteiger partial charge in [0, 0.05) is 4.88 Å². The molecule has 5 nitrogen and oxygen atoms in total. The van der Waals surface area contributed by atoms with E-state index in [1.54, 1.807) is 18.2 Å². The fraction of sp³-hybridized carbons (Fsp3) is 0.353. The molecule has 0 saturated heterocycles. The Morgan fingerprint density at radius 1 is 1.12 bits per heavy atom. The Morgan fingerprint density at radius 3 is 2.54 bits per heavy atom. The molecule has 1 aliphatic rings. The molecule has 0 bridgehead atoms. The molecule has 128 valence electrons. The minimum Gasteiger partial charge on any atom is -0.465 e. The highest BCUT2D eigenvalue weighted by atomic mass is 32.2. The molecule has 7 heteroatoms. The van der Waals surface area contributed by atoms with Crippen LogP contribution < -0.4 is 4.72 Å². The van der Waals surface area contributed by atoms with Crippen molar-refractivity contribution >= 4 is 32.3 Å². The molecule has 1 aromatic heterocycles. The van der Waals surface area contributed by atoms with Crippen molar-refractivity contribution in [3.8, 4) is 0 Å². The summed E-state index contributed by atoms with van der Waals surface area (Å²) in [6.07, 6.45) is 4.82. The van der Waals surface area contributed by atoms with Crippen LogP contribution in [0.2, 0.25) is 0 Å². The van der Waals surface area contributed by atoms with Gasteiger partial charge in [0.15, 0.2) is 0 Å². The fourth-order valence-corrected chi connectivity index (χ4v) is 5.52. The maximum atomic E-state index is 12.6. The topological polar surface area (TPSA) is 72.5 Å². The van der Waals surface area contributed by atoms with Crippen molar-refractivity contribution in [3.63, 3.8) is 0 Å². The average molecular weight is 365 g/mol. The summed E-state index contributed by atoms with van der Waals surface area (Å²) >= 11 is 1.35. The molecule has 1 aliphatic carbocycles. The number of thiophene rings is 1. The predicted octanol–water partition coefficient (Wildman–Crippen LogP) is 3.60. The van der Waals surface area contributed by atoms with Gasteiger partial charge in [0.2, 0.25) is 0 Å². The number of carbonyl (C=O) groups is 1. The minimum absolute atomic E-state index is 0.171. The van der Waals surface area contributed by atoms with E-state index in [1.165, 1.54) is 30.6 Å². The second-order valence-electron chi connectivity index (χ2n) is 5.68. The molecule has 0 fully saturated rings. The molecule has 1 heterocycles. The number of hydrogen-bond acceptors (Lipinski definition) is 5. The van der Waals surface area contributed by atoms with Gasteiger partial charge >= 0.3 is 5.97 Å². The zero-order valence-corrected chi connectivity index (χ0v) is 15.0. The lowest BCUT2D eigenvalue weighted by Crippen LogP contribution is -2.15. The zero-order valence-electron chi connectivity index (χ0n) is 13.4. The van der Waals surface area contributed by atoms with Gasteiger partial charge in [-0.25, -0.2) is 13.2 Å². The van der Waals surface area contributed by atoms with Gasteiger partial charge < -0.3 is 4.74 Å². The third-order valence-electron chi connectivity index (χ3n) is 4.09. The first-order valence-electron chi connectivity index (χ1n) is 7.83. The van der Waals surface area contributed by atoms with Crippen molar-refractivity contribution in [2.45, 2.75) is 37.0 Å². The lowest BCUT2D eigenvalue weighted by Gasteiger charge is -2.09. The molecule has 0 aliphatic heterocycles. The molecule has 24 heavy (non-hydrogen) atoms. The molecule has 1 N–H and O–H groups in total. The largest absolute Gasteiger partial charge is 0.465 e. The van der Waals surface area contributed by atoms with E-state index in [2.05, 4.69) is 4.72 Å². The number of sulfonamides is 1. The Balaban J connectivity index is 2.03. The van der Waals surface area contributed by atoms with Crippen LogP contribution in [0.15, 0.2) is 35.2 Å². The molecule has 0 saturated carbocycles. The van der Waals surface area contributed by atoms with E-state index in [9.17, 15) is 13.2 Å². The molecule has 0 amide bonds. The van der Waals surface area contributed by atoms with Gasteiger partial charge in [0.05, 0.1) is 17.6 Å². The summed E-state index contributed by atoms with van der Waals surface area (Å²) in [6.45, 7) is 0. The summed E-state index contributed by atoms with van der Waals surface area (Å²) < 4.78 is 32.7. The first-order valence-corrected chi connectivity index (χ1v) is 10.1. The third-order valence-corrected chi connectivity index (χ3v) is 6.79. The summed E-state index contributed by atoms with van der Waals surface area (Å²) in [5.74, 6) is -0.486. The van der Waals surface area contributed by atoms with Gasteiger partial charge in [-0.3, -0.25) is 4.72 Å². The van der Waals surface area contributed by atoms with Gasteiger partial charge in [-0.1, -0.05) is 24.6 Å². The molecular formula is C17H19NO4S2. The molecule has 0 radical (unpaired) electrons. The minimum atomic E-state index is -3.73. The van der Waals surface area contributed by atoms with E-state index in [0.717, 1.165) is 42.5 Å².